The smallest absolute Gasteiger partial charge is 0.274 e. The number of aryl methyl sites for hydroxylation is 1. The Morgan fingerprint density at radius 1 is 1.25 bits per heavy atom. The van der Waals surface area contributed by atoms with E-state index in [9.17, 15) is 22.0 Å². The van der Waals surface area contributed by atoms with Crippen molar-refractivity contribution in [2.75, 3.05) is 17.1 Å². The minimum absolute atomic E-state index is 0.0109. The summed E-state index contributed by atoms with van der Waals surface area (Å²) >= 11 is 1.76. The number of thioether (sulfide) groups is 1. The monoisotopic (exact) mass is 501 g/mol. The SMILES string of the molecule is COc1cc(NS(=O)(=O)c2sc(NC(C)=O)nc2C)nc(SCc2cccc(F)c2F)n1. The summed E-state index contributed by atoms with van der Waals surface area (Å²) in [6, 6.07) is 5.09. The van der Waals surface area contributed by atoms with Gasteiger partial charge in [-0.15, -0.1) is 0 Å². The Hall–Kier alpha value is -2.84. The molecule has 2 aromatic heterocycles. The molecule has 0 aliphatic rings. The average molecular weight is 502 g/mol. The molecule has 0 aliphatic heterocycles. The van der Waals surface area contributed by atoms with Crippen molar-refractivity contribution < 1.29 is 26.7 Å². The summed E-state index contributed by atoms with van der Waals surface area (Å²) in [5, 5.41) is 2.67. The first-order valence-electron chi connectivity index (χ1n) is 8.85. The van der Waals surface area contributed by atoms with Crippen LogP contribution in [0.4, 0.5) is 19.7 Å². The highest BCUT2D eigenvalue weighted by atomic mass is 32.2. The molecule has 0 saturated carbocycles. The van der Waals surface area contributed by atoms with E-state index < -0.39 is 21.7 Å². The number of hydrogen-bond donors (Lipinski definition) is 2. The Morgan fingerprint density at radius 3 is 2.69 bits per heavy atom. The van der Waals surface area contributed by atoms with Crippen molar-refractivity contribution in [3.8, 4) is 5.88 Å². The first-order valence-corrected chi connectivity index (χ1v) is 12.1. The molecule has 2 N–H and O–H groups in total. The molecule has 2 heterocycles. The van der Waals surface area contributed by atoms with E-state index >= 15 is 0 Å². The lowest BCUT2D eigenvalue weighted by Crippen LogP contribution is -2.14. The van der Waals surface area contributed by atoms with E-state index in [1.54, 1.807) is 0 Å². The number of anilines is 2. The standard InChI is InChI=1S/C18H17F2N5O4S3/c1-9-16(31-18(21-9)22-10(2)26)32(27,28)25-13-7-14(29-3)24-17(23-13)30-8-11-5-4-6-12(19)15(11)20/h4-7H,8H2,1-3H3,(H,21,22,26)(H,23,24,25). The molecule has 0 fully saturated rings. The molecule has 1 aromatic carbocycles. The molecule has 1 amide bonds. The normalized spacial score (nSPS) is 11.3. The van der Waals surface area contributed by atoms with Crippen molar-refractivity contribution in [2.45, 2.75) is 29.0 Å². The molecule has 0 radical (unpaired) electrons. The van der Waals surface area contributed by atoms with Gasteiger partial charge in [-0.3, -0.25) is 9.52 Å². The van der Waals surface area contributed by atoms with E-state index in [4.69, 9.17) is 4.74 Å². The summed E-state index contributed by atoms with van der Waals surface area (Å²) in [6.45, 7) is 2.77. The predicted octanol–water partition coefficient (Wildman–Crippen LogP) is 3.58. The summed E-state index contributed by atoms with van der Waals surface area (Å²) in [4.78, 5) is 23.4. The predicted molar refractivity (Wildman–Crippen MR) is 116 cm³/mol. The fraction of sp³-hybridized carbons (Fsp3) is 0.222. The quantitative estimate of drug-likeness (QED) is 0.355. The van der Waals surface area contributed by atoms with Gasteiger partial charge in [-0.2, -0.15) is 4.98 Å². The molecule has 3 rings (SSSR count). The molecule has 0 spiro atoms. The fourth-order valence-electron chi connectivity index (χ4n) is 2.45. The topological polar surface area (TPSA) is 123 Å². The van der Waals surface area contributed by atoms with Gasteiger partial charge < -0.3 is 10.1 Å². The van der Waals surface area contributed by atoms with Crippen molar-refractivity contribution in [3.63, 3.8) is 0 Å². The number of carbonyl (C=O) groups is 1. The number of ether oxygens (including phenoxy) is 1. The Morgan fingerprint density at radius 2 is 2.00 bits per heavy atom. The van der Waals surface area contributed by atoms with Crippen molar-refractivity contribution in [3.05, 3.63) is 47.2 Å². The van der Waals surface area contributed by atoms with Gasteiger partial charge in [-0.05, 0) is 13.0 Å². The van der Waals surface area contributed by atoms with Gasteiger partial charge in [0.25, 0.3) is 10.0 Å². The van der Waals surface area contributed by atoms with Gasteiger partial charge in [0.15, 0.2) is 26.1 Å². The second-order valence-corrected chi connectivity index (χ2v) is 10.1. The highest BCUT2D eigenvalue weighted by Gasteiger charge is 2.24. The zero-order valence-corrected chi connectivity index (χ0v) is 19.4. The molecule has 3 aromatic rings. The van der Waals surface area contributed by atoms with Crippen LogP contribution in [0.5, 0.6) is 5.88 Å². The molecule has 0 aliphatic carbocycles. The molecule has 0 unspecified atom stereocenters. The maximum atomic E-state index is 13.9. The first-order chi connectivity index (χ1) is 15.1. The number of aromatic nitrogens is 3. The number of carbonyl (C=O) groups excluding carboxylic acids is 1. The highest BCUT2D eigenvalue weighted by molar-refractivity contribution is 7.98. The van der Waals surface area contributed by atoms with Crippen LogP contribution in [0.3, 0.4) is 0 Å². The van der Waals surface area contributed by atoms with Crippen LogP contribution in [-0.2, 0) is 20.6 Å². The number of amides is 1. The minimum atomic E-state index is -4.09. The number of nitrogens with zero attached hydrogens (tertiary/aromatic N) is 3. The van der Waals surface area contributed by atoms with Crippen molar-refractivity contribution in [2.24, 2.45) is 0 Å². The Balaban J connectivity index is 1.84. The van der Waals surface area contributed by atoms with E-state index in [1.165, 1.54) is 39.2 Å². The van der Waals surface area contributed by atoms with Crippen LogP contribution in [-0.4, -0.2) is 36.4 Å². The number of rotatable bonds is 8. The van der Waals surface area contributed by atoms with Crippen LogP contribution in [0.25, 0.3) is 0 Å². The van der Waals surface area contributed by atoms with E-state index in [2.05, 4.69) is 25.0 Å². The van der Waals surface area contributed by atoms with Crippen molar-refractivity contribution >= 4 is 50.0 Å². The van der Waals surface area contributed by atoms with Crippen molar-refractivity contribution in [1.29, 1.82) is 0 Å². The van der Waals surface area contributed by atoms with Crippen LogP contribution in [0.1, 0.15) is 18.2 Å². The van der Waals surface area contributed by atoms with E-state index in [0.29, 0.717) is 0 Å². The van der Waals surface area contributed by atoms with E-state index in [1.807, 2.05) is 0 Å². The number of benzene rings is 1. The van der Waals surface area contributed by atoms with Gasteiger partial charge >= 0.3 is 0 Å². The molecular weight excluding hydrogens is 484 g/mol. The van der Waals surface area contributed by atoms with Gasteiger partial charge in [-0.1, -0.05) is 35.2 Å². The molecule has 0 saturated heterocycles. The second-order valence-electron chi connectivity index (χ2n) is 6.26. The summed E-state index contributed by atoms with van der Waals surface area (Å²) < 4.78 is 60.3. The first kappa shape index (κ1) is 23.8. The summed E-state index contributed by atoms with van der Waals surface area (Å²) in [6.07, 6.45) is 0. The third-order valence-corrected chi connectivity index (χ3v) is 7.73. The minimum Gasteiger partial charge on any atom is -0.481 e. The zero-order valence-electron chi connectivity index (χ0n) is 17.0. The van der Waals surface area contributed by atoms with Gasteiger partial charge in [0, 0.05) is 24.3 Å². The third kappa shape index (κ3) is 5.69. The molecule has 0 bridgehead atoms. The molecule has 170 valence electrons. The molecule has 0 atom stereocenters. The third-order valence-electron chi connectivity index (χ3n) is 3.80. The van der Waals surface area contributed by atoms with Crippen LogP contribution in [0.15, 0.2) is 33.6 Å². The Bertz CT molecular complexity index is 1270. The maximum absolute atomic E-state index is 13.9. The number of halogens is 2. The maximum Gasteiger partial charge on any atom is 0.274 e. The van der Waals surface area contributed by atoms with Gasteiger partial charge in [0.1, 0.15) is 5.82 Å². The average Bonchev–Trinajstić information content (AvgIpc) is 3.08. The number of methoxy groups -OCH3 is 1. The van der Waals surface area contributed by atoms with Crippen LogP contribution in [0, 0.1) is 18.6 Å². The number of thiazole rings is 1. The summed E-state index contributed by atoms with van der Waals surface area (Å²) in [5.41, 5.74) is 0.304. The van der Waals surface area contributed by atoms with Gasteiger partial charge in [0.2, 0.25) is 11.8 Å². The zero-order chi connectivity index (χ0) is 23.5. The molecule has 14 heteroatoms. The Kier molecular flexibility index (Phi) is 7.26. The lowest BCUT2D eigenvalue weighted by molar-refractivity contribution is -0.114. The summed E-state index contributed by atoms with van der Waals surface area (Å²) in [5.74, 6) is -2.33. The number of hydrogen-bond acceptors (Lipinski definition) is 9. The van der Waals surface area contributed by atoms with Crippen LogP contribution >= 0.6 is 23.1 Å². The second kappa shape index (κ2) is 9.75. The van der Waals surface area contributed by atoms with Crippen LogP contribution in [0.2, 0.25) is 0 Å². The largest absolute Gasteiger partial charge is 0.481 e. The van der Waals surface area contributed by atoms with E-state index in [-0.39, 0.29) is 49.1 Å². The lowest BCUT2D eigenvalue weighted by Gasteiger charge is -2.10. The Labute approximate surface area is 190 Å². The molecular formula is C18H17F2N5O4S3. The van der Waals surface area contributed by atoms with Crippen molar-refractivity contribution in [1.82, 2.24) is 15.0 Å². The highest BCUT2D eigenvalue weighted by Crippen LogP contribution is 2.30. The van der Waals surface area contributed by atoms with Gasteiger partial charge in [0.05, 0.1) is 12.8 Å². The molecule has 9 nitrogen and oxygen atoms in total. The fourth-order valence-corrected chi connectivity index (χ4v) is 5.73. The molecule has 32 heavy (non-hydrogen) atoms. The van der Waals surface area contributed by atoms with Gasteiger partial charge in [-0.25, -0.2) is 27.2 Å². The lowest BCUT2D eigenvalue weighted by atomic mass is 10.2. The number of nitrogens with one attached hydrogen (secondary N) is 2. The summed E-state index contributed by atoms with van der Waals surface area (Å²) in [7, 11) is -2.75. The van der Waals surface area contributed by atoms with Crippen LogP contribution < -0.4 is 14.8 Å². The van der Waals surface area contributed by atoms with E-state index in [0.717, 1.165) is 29.2 Å². The number of sulfonamides is 1.